The lowest BCUT2D eigenvalue weighted by Gasteiger charge is -2.11. The number of carboxylic acid groups (broad SMARTS) is 1. The highest BCUT2D eigenvalue weighted by atomic mass is 16.5. The monoisotopic (exact) mass is 252 g/mol. The van der Waals surface area contributed by atoms with Gasteiger partial charge in [0.2, 0.25) is 0 Å². The zero-order valence-corrected chi connectivity index (χ0v) is 10.3. The van der Waals surface area contributed by atoms with Crippen molar-refractivity contribution < 1.29 is 19.4 Å². The van der Waals surface area contributed by atoms with Crippen LogP contribution < -0.4 is 15.8 Å². The molecular formula is C12H16N2O4. The van der Waals surface area contributed by atoms with Gasteiger partial charge in [-0.2, -0.15) is 0 Å². The van der Waals surface area contributed by atoms with Crippen LogP contribution in [-0.4, -0.2) is 29.6 Å². The number of ether oxygens (including phenoxy) is 1. The van der Waals surface area contributed by atoms with Gasteiger partial charge in [-0.15, -0.1) is 0 Å². The highest BCUT2D eigenvalue weighted by Crippen LogP contribution is 2.21. The van der Waals surface area contributed by atoms with Crippen LogP contribution in [-0.2, 0) is 4.79 Å². The van der Waals surface area contributed by atoms with E-state index in [2.05, 4.69) is 5.32 Å². The van der Waals surface area contributed by atoms with E-state index in [0.29, 0.717) is 5.69 Å². The van der Waals surface area contributed by atoms with E-state index in [9.17, 15) is 9.59 Å². The summed E-state index contributed by atoms with van der Waals surface area (Å²) in [4.78, 5) is 22.3. The van der Waals surface area contributed by atoms with E-state index >= 15 is 0 Å². The highest BCUT2D eigenvalue weighted by Gasteiger charge is 2.13. The number of nitrogens with two attached hydrogens (primary N) is 1. The first kappa shape index (κ1) is 13.8. The van der Waals surface area contributed by atoms with Crippen molar-refractivity contribution >= 4 is 17.6 Å². The summed E-state index contributed by atoms with van der Waals surface area (Å²) in [5.74, 6) is -1.36. The number of carbonyl (C=O) groups excluding carboxylic acids is 1. The summed E-state index contributed by atoms with van der Waals surface area (Å²) in [6.07, 6.45) is 0. The minimum atomic E-state index is -1.13. The third-order valence-electron chi connectivity index (χ3n) is 2.04. The second-order valence-electron chi connectivity index (χ2n) is 4.07. The number of carbonyl (C=O) groups is 2. The second kappa shape index (κ2) is 5.90. The topological polar surface area (TPSA) is 102 Å². The number of anilines is 1. The van der Waals surface area contributed by atoms with Crippen molar-refractivity contribution in [2.24, 2.45) is 0 Å². The molecule has 1 rings (SSSR count). The molecule has 98 valence electrons. The van der Waals surface area contributed by atoms with E-state index in [1.54, 1.807) is 0 Å². The fourth-order valence-corrected chi connectivity index (χ4v) is 1.34. The summed E-state index contributed by atoms with van der Waals surface area (Å²) in [5.41, 5.74) is 5.89. The molecule has 1 aromatic carbocycles. The Bertz CT molecular complexity index is 457. The molecule has 0 heterocycles. The molecule has 0 aromatic heterocycles. The first-order valence-corrected chi connectivity index (χ1v) is 5.45. The van der Waals surface area contributed by atoms with E-state index in [1.165, 1.54) is 18.2 Å². The predicted octanol–water partition coefficient (Wildman–Crippen LogP) is 0.870. The van der Waals surface area contributed by atoms with Gasteiger partial charge in [-0.3, -0.25) is 4.79 Å². The van der Waals surface area contributed by atoms with Gasteiger partial charge < -0.3 is 20.9 Å². The fraction of sp³-hybridized carbons (Fsp3) is 0.333. The molecule has 18 heavy (non-hydrogen) atoms. The van der Waals surface area contributed by atoms with Crippen LogP contribution in [0.25, 0.3) is 0 Å². The van der Waals surface area contributed by atoms with Crippen LogP contribution >= 0.6 is 0 Å². The molecular weight excluding hydrogens is 236 g/mol. The number of nitrogens with one attached hydrogen (secondary N) is 1. The molecule has 0 saturated heterocycles. The lowest BCUT2D eigenvalue weighted by molar-refractivity contribution is -0.123. The van der Waals surface area contributed by atoms with E-state index in [-0.39, 0.29) is 29.9 Å². The molecule has 4 N–H and O–H groups in total. The number of amides is 1. The zero-order chi connectivity index (χ0) is 13.7. The Labute approximate surface area is 105 Å². The Kier molecular flexibility index (Phi) is 4.53. The third-order valence-corrected chi connectivity index (χ3v) is 2.04. The third kappa shape index (κ3) is 3.97. The van der Waals surface area contributed by atoms with Crippen LogP contribution in [0.5, 0.6) is 5.75 Å². The quantitative estimate of drug-likeness (QED) is 0.675. The summed E-state index contributed by atoms with van der Waals surface area (Å²) in [6, 6.07) is 4.19. The van der Waals surface area contributed by atoms with Crippen molar-refractivity contribution in [1.82, 2.24) is 5.32 Å². The van der Waals surface area contributed by atoms with Crippen LogP contribution in [0.3, 0.4) is 0 Å². The number of rotatable bonds is 5. The SMILES string of the molecule is CC(C)NC(=O)COc1cc(N)ccc1C(=O)O. The summed E-state index contributed by atoms with van der Waals surface area (Å²) in [5, 5.41) is 11.6. The van der Waals surface area contributed by atoms with E-state index in [1.807, 2.05) is 13.8 Å². The molecule has 0 atom stereocenters. The minimum absolute atomic E-state index is 0.000821. The van der Waals surface area contributed by atoms with Gasteiger partial charge in [-0.1, -0.05) is 0 Å². The second-order valence-corrected chi connectivity index (χ2v) is 4.07. The first-order chi connectivity index (χ1) is 8.40. The maximum absolute atomic E-state index is 11.4. The first-order valence-electron chi connectivity index (χ1n) is 5.45. The van der Waals surface area contributed by atoms with Gasteiger partial charge in [0.1, 0.15) is 11.3 Å². The Morgan fingerprint density at radius 1 is 1.44 bits per heavy atom. The molecule has 0 aliphatic carbocycles. The average Bonchev–Trinajstić information content (AvgIpc) is 2.25. The Hall–Kier alpha value is -2.24. The van der Waals surface area contributed by atoms with E-state index in [0.717, 1.165) is 0 Å². The van der Waals surface area contributed by atoms with E-state index in [4.69, 9.17) is 15.6 Å². The van der Waals surface area contributed by atoms with Gasteiger partial charge >= 0.3 is 5.97 Å². The van der Waals surface area contributed by atoms with Crippen molar-refractivity contribution in [2.45, 2.75) is 19.9 Å². The van der Waals surface area contributed by atoms with Crippen LogP contribution in [0, 0.1) is 0 Å². The summed E-state index contributed by atoms with van der Waals surface area (Å²) in [7, 11) is 0. The van der Waals surface area contributed by atoms with E-state index < -0.39 is 5.97 Å². The maximum atomic E-state index is 11.4. The lowest BCUT2D eigenvalue weighted by atomic mass is 10.2. The van der Waals surface area contributed by atoms with Crippen molar-refractivity contribution in [3.05, 3.63) is 23.8 Å². The van der Waals surface area contributed by atoms with Gasteiger partial charge in [0.15, 0.2) is 6.61 Å². The normalized spacial score (nSPS) is 10.2. The summed E-state index contributed by atoms with van der Waals surface area (Å²) >= 11 is 0. The molecule has 0 radical (unpaired) electrons. The van der Waals surface area contributed by atoms with Crippen molar-refractivity contribution in [3.8, 4) is 5.75 Å². The van der Waals surface area contributed by atoms with Gasteiger partial charge in [-0.05, 0) is 26.0 Å². The van der Waals surface area contributed by atoms with Crippen LogP contribution in [0.15, 0.2) is 18.2 Å². The van der Waals surface area contributed by atoms with Gasteiger partial charge in [-0.25, -0.2) is 4.79 Å². The van der Waals surface area contributed by atoms with Crippen LogP contribution in [0.2, 0.25) is 0 Å². The Morgan fingerprint density at radius 2 is 2.11 bits per heavy atom. The molecule has 0 spiro atoms. The van der Waals surface area contributed by atoms with Gasteiger partial charge in [0, 0.05) is 17.8 Å². The number of carboxylic acids is 1. The largest absolute Gasteiger partial charge is 0.483 e. The number of hydrogen-bond donors (Lipinski definition) is 3. The van der Waals surface area contributed by atoms with Crippen molar-refractivity contribution in [2.75, 3.05) is 12.3 Å². The highest BCUT2D eigenvalue weighted by molar-refractivity contribution is 5.91. The minimum Gasteiger partial charge on any atom is -0.483 e. The Morgan fingerprint density at radius 3 is 2.67 bits per heavy atom. The molecule has 0 fully saturated rings. The maximum Gasteiger partial charge on any atom is 0.339 e. The molecule has 1 amide bonds. The number of aromatic carboxylic acids is 1. The van der Waals surface area contributed by atoms with Crippen molar-refractivity contribution in [3.63, 3.8) is 0 Å². The zero-order valence-electron chi connectivity index (χ0n) is 10.3. The predicted molar refractivity (Wildman–Crippen MR) is 66.6 cm³/mol. The number of benzene rings is 1. The molecule has 1 aromatic rings. The lowest BCUT2D eigenvalue weighted by Crippen LogP contribution is -2.34. The fourth-order valence-electron chi connectivity index (χ4n) is 1.34. The molecule has 0 aliphatic heterocycles. The summed E-state index contributed by atoms with van der Waals surface area (Å²) < 4.78 is 5.17. The summed E-state index contributed by atoms with van der Waals surface area (Å²) in [6.45, 7) is 3.39. The smallest absolute Gasteiger partial charge is 0.339 e. The number of nitrogen functional groups attached to an aromatic ring is 1. The van der Waals surface area contributed by atoms with Crippen LogP contribution in [0.4, 0.5) is 5.69 Å². The number of hydrogen-bond acceptors (Lipinski definition) is 4. The standard InChI is InChI=1S/C12H16N2O4/c1-7(2)14-11(15)6-18-10-5-8(13)3-4-9(10)12(16)17/h3-5,7H,6,13H2,1-2H3,(H,14,15)(H,16,17). The molecule has 6 heteroatoms. The average molecular weight is 252 g/mol. The molecule has 0 bridgehead atoms. The molecule has 0 saturated carbocycles. The van der Waals surface area contributed by atoms with Gasteiger partial charge in [0.25, 0.3) is 5.91 Å². The molecule has 6 nitrogen and oxygen atoms in total. The Balaban J connectivity index is 2.74. The van der Waals surface area contributed by atoms with Crippen LogP contribution in [0.1, 0.15) is 24.2 Å². The van der Waals surface area contributed by atoms with Gasteiger partial charge in [0.05, 0.1) is 0 Å². The molecule has 0 unspecified atom stereocenters. The van der Waals surface area contributed by atoms with Crippen molar-refractivity contribution in [1.29, 1.82) is 0 Å². The molecule has 0 aliphatic rings.